The fraction of sp³-hybridized carbons (Fsp3) is 0.455. The molecule has 0 aliphatic carbocycles. The minimum Gasteiger partial charge on any atom is -0.399 e. The lowest BCUT2D eigenvalue weighted by atomic mass is 9.80. The normalized spacial score (nSPS) is 15.1. The lowest BCUT2D eigenvalue weighted by Gasteiger charge is -2.27. The number of rotatable bonds is 4. The van der Waals surface area contributed by atoms with Crippen LogP contribution < -0.4 is 11.5 Å². The van der Waals surface area contributed by atoms with Crippen molar-refractivity contribution in [1.82, 2.24) is 0 Å². The molecule has 14 heavy (non-hydrogen) atoms. The van der Waals surface area contributed by atoms with Gasteiger partial charge in [0.1, 0.15) is 0 Å². The molecule has 5 N–H and O–H groups in total. The Bertz CT molecular complexity index is 284. The SMILES string of the molecule is CC(CN)(CCO)c1ccc(N)cc1. The van der Waals surface area contributed by atoms with E-state index >= 15 is 0 Å². The van der Waals surface area contributed by atoms with Gasteiger partial charge in [-0.25, -0.2) is 0 Å². The molecule has 0 saturated carbocycles. The van der Waals surface area contributed by atoms with Crippen molar-refractivity contribution in [3.05, 3.63) is 29.8 Å². The smallest absolute Gasteiger partial charge is 0.0439 e. The maximum atomic E-state index is 8.97. The molecule has 0 fully saturated rings. The molecule has 0 aromatic heterocycles. The molecule has 0 aliphatic heterocycles. The van der Waals surface area contributed by atoms with Crippen LogP contribution in [-0.4, -0.2) is 18.3 Å². The van der Waals surface area contributed by atoms with Crippen LogP contribution in [0.1, 0.15) is 18.9 Å². The molecule has 3 heteroatoms. The van der Waals surface area contributed by atoms with Gasteiger partial charge in [-0.1, -0.05) is 19.1 Å². The van der Waals surface area contributed by atoms with Gasteiger partial charge in [-0.15, -0.1) is 0 Å². The minimum absolute atomic E-state index is 0.150. The zero-order chi connectivity index (χ0) is 10.6. The lowest BCUT2D eigenvalue weighted by Crippen LogP contribution is -2.32. The number of aliphatic hydroxyl groups excluding tert-OH is 1. The Hall–Kier alpha value is -1.06. The summed E-state index contributed by atoms with van der Waals surface area (Å²) >= 11 is 0. The van der Waals surface area contributed by atoms with E-state index in [0.29, 0.717) is 13.0 Å². The Kier molecular flexibility index (Phi) is 3.49. The summed E-state index contributed by atoms with van der Waals surface area (Å²) in [4.78, 5) is 0. The van der Waals surface area contributed by atoms with Gasteiger partial charge in [0.2, 0.25) is 0 Å². The number of aliphatic hydroxyl groups is 1. The van der Waals surface area contributed by atoms with E-state index in [0.717, 1.165) is 11.3 Å². The Morgan fingerprint density at radius 1 is 1.29 bits per heavy atom. The van der Waals surface area contributed by atoms with Crippen molar-refractivity contribution < 1.29 is 5.11 Å². The standard InChI is InChI=1S/C11H18N2O/c1-11(8-12,6-7-14)9-2-4-10(13)5-3-9/h2-5,14H,6-8,12-13H2,1H3. The van der Waals surface area contributed by atoms with E-state index in [4.69, 9.17) is 16.6 Å². The highest BCUT2D eigenvalue weighted by Crippen LogP contribution is 2.26. The van der Waals surface area contributed by atoms with Crippen molar-refractivity contribution in [2.24, 2.45) is 5.73 Å². The number of anilines is 1. The highest BCUT2D eigenvalue weighted by Gasteiger charge is 2.23. The molecular formula is C11H18N2O. The number of benzene rings is 1. The highest BCUT2D eigenvalue weighted by atomic mass is 16.3. The fourth-order valence-electron chi connectivity index (χ4n) is 1.50. The van der Waals surface area contributed by atoms with E-state index in [1.165, 1.54) is 0 Å². The highest BCUT2D eigenvalue weighted by molar-refractivity contribution is 5.41. The molecule has 78 valence electrons. The maximum absolute atomic E-state index is 8.97. The van der Waals surface area contributed by atoms with Gasteiger partial charge in [-0.3, -0.25) is 0 Å². The molecule has 0 bridgehead atoms. The second-order valence-electron chi connectivity index (χ2n) is 3.86. The third-order valence-electron chi connectivity index (χ3n) is 2.72. The number of hydrogen-bond acceptors (Lipinski definition) is 3. The first-order chi connectivity index (χ1) is 6.62. The van der Waals surface area contributed by atoms with Crippen molar-refractivity contribution >= 4 is 5.69 Å². The molecule has 0 spiro atoms. The summed E-state index contributed by atoms with van der Waals surface area (Å²) in [5.74, 6) is 0. The van der Waals surface area contributed by atoms with E-state index in [2.05, 4.69) is 6.92 Å². The van der Waals surface area contributed by atoms with Crippen LogP contribution in [0.25, 0.3) is 0 Å². The van der Waals surface area contributed by atoms with Crippen molar-refractivity contribution in [1.29, 1.82) is 0 Å². The first-order valence-electron chi connectivity index (χ1n) is 4.79. The Labute approximate surface area is 84.7 Å². The topological polar surface area (TPSA) is 72.3 Å². The predicted octanol–water partition coefficient (Wildman–Crippen LogP) is 0.868. The molecule has 0 radical (unpaired) electrons. The molecule has 1 rings (SSSR count). The zero-order valence-corrected chi connectivity index (χ0v) is 8.53. The molecule has 3 nitrogen and oxygen atoms in total. The number of nitrogens with two attached hydrogens (primary N) is 2. The summed E-state index contributed by atoms with van der Waals surface area (Å²) in [6.07, 6.45) is 0.674. The van der Waals surface area contributed by atoms with Gasteiger partial charge < -0.3 is 16.6 Å². The van der Waals surface area contributed by atoms with Crippen LogP contribution in [0.15, 0.2) is 24.3 Å². The van der Waals surface area contributed by atoms with E-state index in [-0.39, 0.29) is 12.0 Å². The van der Waals surface area contributed by atoms with Crippen LogP contribution in [0.3, 0.4) is 0 Å². The van der Waals surface area contributed by atoms with Crippen molar-refractivity contribution in [3.63, 3.8) is 0 Å². The monoisotopic (exact) mass is 194 g/mol. The molecular weight excluding hydrogens is 176 g/mol. The molecule has 0 heterocycles. The molecule has 1 aromatic rings. The van der Waals surface area contributed by atoms with Gasteiger partial charge in [-0.2, -0.15) is 0 Å². The predicted molar refractivity (Wildman–Crippen MR) is 59.0 cm³/mol. The summed E-state index contributed by atoms with van der Waals surface area (Å²) in [6, 6.07) is 7.66. The van der Waals surface area contributed by atoms with E-state index in [1.807, 2.05) is 24.3 Å². The Balaban J connectivity index is 2.94. The average molecular weight is 194 g/mol. The third-order valence-corrected chi connectivity index (χ3v) is 2.72. The van der Waals surface area contributed by atoms with Crippen LogP contribution in [0.2, 0.25) is 0 Å². The summed E-state index contributed by atoms with van der Waals surface area (Å²) in [7, 11) is 0. The second kappa shape index (κ2) is 4.44. The van der Waals surface area contributed by atoms with Crippen LogP contribution in [0.5, 0.6) is 0 Å². The number of nitrogen functional groups attached to an aromatic ring is 1. The molecule has 1 aromatic carbocycles. The van der Waals surface area contributed by atoms with Gasteiger partial charge in [0.15, 0.2) is 0 Å². The maximum Gasteiger partial charge on any atom is 0.0439 e. The zero-order valence-electron chi connectivity index (χ0n) is 8.53. The summed E-state index contributed by atoms with van der Waals surface area (Å²) in [6.45, 7) is 2.73. The minimum atomic E-state index is -0.150. The van der Waals surface area contributed by atoms with Crippen LogP contribution >= 0.6 is 0 Å². The molecule has 0 saturated heterocycles. The van der Waals surface area contributed by atoms with Gasteiger partial charge in [0.05, 0.1) is 0 Å². The van der Waals surface area contributed by atoms with Crippen molar-refractivity contribution in [3.8, 4) is 0 Å². The van der Waals surface area contributed by atoms with Crippen LogP contribution in [-0.2, 0) is 5.41 Å². The summed E-state index contributed by atoms with van der Waals surface area (Å²) in [5.41, 5.74) is 13.1. The Morgan fingerprint density at radius 2 is 1.86 bits per heavy atom. The van der Waals surface area contributed by atoms with E-state index in [1.54, 1.807) is 0 Å². The fourth-order valence-corrected chi connectivity index (χ4v) is 1.50. The summed E-state index contributed by atoms with van der Waals surface area (Å²) in [5, 5.41) is 8.97. The van der Waals surface area contributed by atoms with Crippen molar-refractivity contribution in [2.45, 2.75) is 18.8 Å². The van der Waals surface area contributed by atoms with Crippen molar-refractivity contribution in [2.75, 3.05) is 18.9 Å². The quantitative estimate of drug-likeness (QED) is 0.623. The number of hydrogen-bond donors (Lipinski definition) is 3. The van der Waals surface area contributed by atoms with Gasteiger partial charge in [0.25, 0.3) is 0 Å². The molecule has 0 aliphatic rings. The van der Waals surface area contributed by atoms with Gasteiger partial charge in [0, 0.05) is 24.3 Å². The van der Waals surface area contributed by atoms with E-state index in [9.17, 15) is 0 Å². The molecule has 1 unspecified atom stereocenters. The molecule has 1 atom stereocenters. The lowest BCUT2D eigenvalue weighted by molar-refractivity contribution is 0.247. The first-order valence-corrected chi connectivity index (χ1v) is 4.79. The first kappa shape index (κ1) is 11.0. The second-order valence-corrected chi connectivity index (χ2v) is 3.86. The van der Waals surface area contributed by atoms with Gasteiger partial charge in [-0.05, 0) is 24.1 Å². The Morgan fingerprint density at radius 3 is 2.29 bits per heavy atom. The van der Waals surface area contributed by atoms with Crippen LogP contribution in [0, 0.1) is 0 Å². The van der Waals surface area contributed by atoms with E-state index < -0.39 is 0 Å². The van der Waals surface area contributed by atoms with Gasteiger partial charge >= 0.3 is 0 Å². The molecule has 0 amide bonds. The summed E-state index contributed by atoms with van der Waals surface area (Å²) < 4.78 is 0. The third kappa shape index (κ3) is 2.25. The average Bonchev–Trinajstić information content (AvgIpc) is 2.19. The van der Waals surface area contributed by atoms with Crippen LogP contribution in [0.4, 0.5) is 5.69 Å². The largest absolute Gasteiger partial charge is 0.399 e.